The molecular formula is C11H13NO2. The smallest absolute Gasteiger partial charge is 0.254 e. The summed E-state index contributed by atoms with van der Waals surface area (Å²) in [5.74, 6) is -0.0463. The summed E-state index contributed by atoms with van der Waals surface area (Å²) in [5.41, 5.74) is 0.914. The number of amides is 1. The van der Waals surface area contributed by atoms with Crippen molar-refractivity contribution in [3.63, 3.8) is 0 Å². The van der Waals surface area contributed by atoms with Gasteiger partial charge in [-0.25, -0.2) is 0 Å². The number of carbonyl (C=O) groups is 1. The molecule has 14 heavy (non-hydrogen) atoms. The molecular weight excluding hydrogens is 178 g/mol. The number of nitrogens with one attached hydrogen (secondary N) is 1. The molecule has 0 aliphatic carbocycles. The second-order valence-electron chi connectivity index (χ2n) is 3.53. The van der Waals surface area contributed by atoms with Crippen molar-refractivity contribution in [2.75, 3.05) is 6.61 Å². The van der Waals surface area contributed by atoms with E-state index in [-0.39, 0.29) is 11.9 Å². The van der Waals surface area contributed by atoms with Crippen molar-refractivity contribution in [1.29, 1.82) is 0 Å². The lowest BCUT2D eigenvalue weighted by Gasteiger charge is -2.27. The predicted octanol–water partition coefficient (Wildman–Crippen LogP) is 1.26. The van der Waals surface area contributed by atoms with E-state index in [0.29, 0.717) is 6.61 Å². The first kappa shape index (κ1) is 9.21. The maximum atomic E-state index is 11.6. The van der Waals surface area contributed by atoms with Crippen LogP contribution in [-0.4, -0.2) is 18.6 Å². The van der Waals surface area contributed by atoms with Crippen LogP contribution in [0.5, 0.6) is 0 Å². The maximum absolute atomic E-state index is 11.6. The van der Waals surface area contributed by atoms with E-state index < -0.39 is 6.10 Å². The molecule has 2 atom stereocenters. The Morgan fingerprint density at radius 3 is 2.71 bits per heavy atom. The highest BCUT2D eigenvalue weighted by molar-refractivity contribution is 5.83. The number of ether oxygens (including phenoxy) is 1. The Balaban J connectivity index is 2.16. The van der Waals surface area contributed by atoms with Gasteiger partial charge in [-0.1, -0.05) is 30.3 Å². The standard InChI is InChI=1S/C11H13NO2/c1-8-7-14-10(11(13)12-8)9-5-3-2-4-6-9/h2-6,8,10H,7H2,1H3,(H,12,13). The number of hydrogen-bond acceptors (Lipinski definition) is 2. The third kappa shape index (κ3) is 1.77. The van der Waals surface area contributed by atoms with E-state index in [9.17, 15) is 4.79 Å². The summed E-state index contributed by atoms with van der Waals surface area (Å²) in [7, 11) is 0. The van der Waals surface area contributed by atoms with Gasteiger partial charge in [-0.2, -0.15) is 0 Å². The van der Waals surface area contributed by atoms with E-state index in [1.54, 1.807) is 0 Å². The highest BCUT2D eigenvalue weighted by Crippen LogP contribution is 2.20. The van der Waals surface area contributed by atoms with Crippen LogP contribution in [0.4, 0.5) is 0 Å². The minimum absolute atomic E-state index is 0.0463. The fourth-order valence-electron chi connectivity index (χ4n) is 1.55. The number of hydrogen-bond donors (Lipinski definition) is 1. The Kier molecular flexibility index (Phi) is 2.50. The summed E-state index contributed by atoms with van der Waals surface area (Å²) in [4.78, 5) is 11.6. The number of morpholine rings is 1. The Labute approximate surface area is 83.1 Å². The molecule has 0 radical (unpaired) electrons. The minimum Gasteiger partial charge on any atom is -0.361 e. The molecule has 0 aromatic heterocycles. The largest absolute Gasteiger partial charge is 0.361 e. The average molecular weight is 191 g/mol. The zero-order chi connectivity index (χ0) is 9.97. The van der Waals surface area contributed by atoms with Crippen molar-refractivity contribution >= 4 is 5.91 Å². The summed E-state index contributed by atoms with van der Waals surface area (Å²) in [5, 5.41) is 2.86. The van der Waals surface area contributed by atoms with Gasteiger partial charge in [0.25, 0.3) is 5.91 Å². The van der Waals surface area contributed by atoms with E-state index in [1.807, 2.05) is 37.3 Å². The number of rotatable bonds is 1. The first-order chi connectivity index (χ1) is 6.77. The molecule has 1 amide bonds. The van der Waals surface area contributed by atoms with Crippen molar-refractivity contribution in [1.82, 2.24) is 5.32 Å². The lowest BCUT2D eigenvalue weighted by Crippen LogP contribution is -2.45. The zero-order valence-corrected chi connectivity index (χ0v) is 8.07. The van der Waals surface area contributed by atoms with Crippen molar-refractivity contribution in [2.24, 2.45) is 0 Å². The van der Waals surface area contributed by atoms with Crippen molar-refractivity contribution in [3.8, 4) is 0 Å². The van der Waals surface area contributed by atoms with E-state index in [4.69, 9.17) is 4.74 Å². The molecule has 1 aliphatic rings. The molecule has 0 spiro atoms. The van der Waals surface area contributed by atoms with Gasteiger partial charge in [0.1, 0.15) is 0 Å². The van der Waals surface area contributed by atoms with Crippen LogP contribution in [0.15, 0.2) is 30.3 Å². The van der Waals surface area contributed by atoms with Gasteiger partial charge in [0.15, 0.2) is 6.10 Å². The molecule has 74 valence electrons. The van der Waals surface area contributed by atoms with Crippen LogP contribution < -0.4 is 5.32 Å². The monoisotopic (exact) mass is 191 g/mol. The molecule has 1 saturated heterocycles. The van der Waals surface area contributed by atoms with Gasteiger partial charge < -0.3 is 10.1 Å². The molecule has 3 nitrogen and oxygen atoms in total. The maximum Gasteiger partial charge on any atom is 0.254 e. The Bertz CT molecular complexity index is 323. The van der Waals surface area contributed by atoms with Crippen LogP contribution in [0.3, 0.4) is 0 Å². The lowest BCUT2D eigenvalue weighted by atomic mass is 10.1. The van der Waals surface area contributed by atoms with Crippen molar-refractivity contribution in [2.45, 2.75) is 19.1 Å². The van der Waals surface area contributed by atoms with E-state index >= 15 is 0 Å². The molecule has 2 rings (SSSR count). The summed E-state index contributed by atoms with van der Waals surface area (Å²) in [6, 6.07) is 9.66. The van der Waals surface area contributed by atoms with Gasteiger partial charge in [0.2, 0.25) is 0 Å². The van der Waals surface area contributed by atoms with Crippen molar-refractivity contribution in [3.05, 3.63) is 35.9 Å². The Hall–Kier alpha value is -1.35. The normalized spacial score (nSPS) is 27.1. The predicted molar refractivity (Wildman–Crippen MR) is 52.7 cm³/mol. The van der Waals surface area contributed by atoms with Crippen LogP contribution in [0.25, 0.3) is 0 Å². The van der Waals surface area contributed by atoms with Crippen LogP contribution >= 0.6 is 0 Å². The number of carbonyl (C=O) groups excluding carboxylic acids is 1. The third-order valence-electron chi connectivity index (χ3n) is 2.24. The molecule has 1 aromatic carbocycles. The Morgan fingerprint density at radius 2 is 2.07 bits per heavy atom. The molecule has 1 aliphatic heterocycles. The first-order valence-corrected chi connectivity index (χ1v) is 4.74. The second-order valence-corrected chi connectivity index (χ2v) is 3.53. The summed E-state index contributed by atoms with van der Waals surface area (Å²) in [6.45, 7) is 2.50. The summed E-state index contributed by atoms with van der Waals surface area (Å²) < 4.78 is 5.48. The van der Waals surface area contributed by atoms with Crippen LogP contribution in [-0.2, 0) is 9.53 Å². The first-order valence-electron chi connectivity index (χ1n) is 4.74. The fraction of sp³-hybridized carbons (Fsp3) is 0.364. The van der Waals surface area contributed by atoms with Gasteiger partial charge >= 0.3 is 0 Å². The highest BCUT2D eigenvalue weighted by Gasteiger charge is 2.27. The second kappa shape index (κ2) is 3.80. The van der Waals surface area contributed by atoms with Gasteiger partial charge in [0, 0.05) is 6.04 Å². The molecule has 1 heterocycles. The molecule has 1 N–H and O–H groups in total. The number of benzene rings is 1. The zero-order valence-electron chi connectivity index (χ0n) is 8.07. The molecule has 1 fully saturated rings. The van der Waals surface area contributed by atoms with Gasteiger partial charge in [-0.05, 0) is 12.5 Å². The highest BCUT2D eigenvalue weighted by atomic mass is 16.5. The van der Waals surface area contributed by atoms with Gasteiger partial charge in [0.05, 0.1) is 6.61 Å². The third-order valence-corrected chi connectivity index (χ3v) is 2.24. The topological polar surface area (TPSA) is 38.3 Å². The van der Waals surface area contributed by atoms with Gasteiger partial charge in [-0.15, -0.1) is 0 Å². The summed E-state index contributed by atoms with van der Waals surface area (Å²) in [6.07, 6.45) is -0.438. The molecule has 0 saturated carbocycles. The SMILES string of the molecule is CC1COC(c2ccccc2)C(=O)N1. The average Bonchev–Trinajstić information content (AvgIpc) is 2.19. The molecule has 2 unspecified atom stereocenters. The van der Waals surface area contributed by atoms with Crippen LogP contribution in [0.2, 0.25) is 0 Å². The van der Waals surface area contributed by atoms with Crippen molar-refractivity contribution < 1.29 is 9.53 Å². The van der Waals surface area contributed by atoms with Crippen LogP contribution in [0, 0.1) is 0 Å². The van der Waals surface area contributed by atoms with Crippen LogP contribution in [0.1, 0.15) is 18.6 Å². The minimum atomic E-state index is -0.438. The quantitative estimate of drug-likeness (QED) is 0.725. The van der Waals surface area contributed by atoms with E-state index in [0.717, 1.165) is 5.56 Å². The van der Waals surface area contributed by atoms with Gasteiger partial charge in [-0.3, -0.25) is 4.79 Å². The van der Waals surface area contributed by atoms with E-state index in [2.05, 4.69) is 5.32 Å². The lowest BCUT2D eigenvalue weighted by molar-refractivity contribution is -0.140. The van der Waals surface area contributed by atoms with E-state index in [1.165, 1.54) is 0 Å². The molecule has 0 bridgehead atoms. The fourth-order valence-corrected chi connectivity index (χ4v) is 1.55. The molecule has 3 heteroatoms. The summed E-state index contributed by atoms with van der Waals surface area (Å²) >= 11 is 0. The molecule has 1 aromatic rings. The Morgan fingerprint density at radius 1 is 1.36 bits per heavy atom.